The molecule has 0 aliphatic heterocycles. The standard InChI is InChI=1S/C30H44N4O5/c1-4-5-6-10-15-24(33-29(38)23-14-11-16-31-20-23)30(39)34-25(17-21(2)3)28(37)26(35)18-27(36)32-19-22-12-8-7-9-13-22/h7-9,11-14,16,20-21,24-26,28,35,37H,4-6,10,15,17-19H2,1-3H3,(H,32,36)(H,33,38)(H,34,39)/t24?,25-,26+,28+/m0/s1. The van der Waals surface area contributed by atoms with Crippen molar-refractivity contribution in [3.8, 4) is 0 Å². The van der Waals surface area contributed by atoms with Gasteiger partial charge in [0.1, 0.15) is 12.1 Å². The fraction of sp³-hybridized carbons (Fsp3) is 0.533. The predicted octanol–water partition coefficient (Wildman–Crippen LogP) is 3.11. The van der Waals surface area contributed by atoms with Crippen LogP contribution in [-0.2, 0) is 16.1 Å². The molecule has 9 nitrogen and oxygen atoms in total. The number of rotatable bonds is 17. The lowest BCUT2D eigenvalue weighted by Crippen LogP contribution is -2.55. The first kappa shape index (κ1) is 31.9. The van der Waals surface area contributed by atoms with Crippen molar-refractivity contribution in [2.24, 2.45) is 5.92 Å². The number of hydrogen-bond donors (Lipinski definition) is 5. The molecule has 1 aromatic heterocycles. The summed E-state index contributed by atoms with van der Waals surface area (Å²) in [5, 5.41) is 30.0. The van der Waals surface area contributed by atoms with E-state index in [9.17, 15) is 24.6 Å². The van der Waals surface area contributed by atoms with Gasteiger partial charge in [0.15, 0.2) is 0 Å². The number of carbonyl (C=O) groups excluding carboxylic acids is 3. The Kier molecular flexibility index (Phi) is 14.2. The van der Waals surface area contributed by atoms with E-state index in [1.165, 1.54) is 6.20 Å². The lowest BCUT2D eigenvalue weighted by Gasteiger charge is -2.30. The van der Waals surface area contributed by atoms with Crippen molar-refractivity contribution < 1.29 is 24.6 Å². The topological polar surface area (TPSA) is 141 Å². The quantitative estimate of drug-likeness (QED) is 0.195. The van der Waals surface area contributed by atoms with Crippen molar-refractivity contribution in [3.05, 3.63) is 66.0 Å². The van der Waals surface area contributed by atoms with Gasteiger partial charge < -0.3 is 26.2 Å². The summed E-state index contributed by atoms with van der Waals surface area (Å²) in [6, 6.07) is 11.0. The Bertz CT molecular complexity index is 1000. The van der Waals surface area contributed by atoms with Gasteiger partial charge in [-0.25, -0.2) is 0 Å². The van der Waals surface area contributed by atoms with Gasteiger partial charge in [-0.3, -0.25) is 19.4 Å². The van der Waals surface area contributed by atoms with Crippen molar-refractivity contribution in [1.82, 2.24) is 20.9 Å². The van der Waals surface area contributed by atoms with E-state index in [1.807, 2.05) is 44.2 Å². The van der Waals surface area contributed by atoms with Gasteiger partial charge >= 0.3 is 0 Å². The number of pyridine rings is 1. The highest BCUT2D eigenvalue weighted by Gasteiger charge is 2.32. The molecule has 1 aromatic carbocycles. The molecule has 2 rings (SSSR count). The summed E-state index contributed by atoms with van der Waals surface area (Å²) < 4.78 is 0. The minimum atomic E-state index is -1.38. The largest absolute Gasteiger partial charge is 0.390 e. The molecule has 3 amide bonds. The Morgan fingerprint density at radius 2 is 1.69 bits per heavy atom. The van der Waals surface area contributed by atoms with Crippen molar-refractivity contribution in [1.29, 1.82) is 0 Å². The van der Waals surface area contributed by atoms with E-state index in [-0.39, 0.29) is 12.3 Å². The van der Waals surface area contributed by atoms with Crippen molar-refractivity contribution >= 4 is 17.7 Å². The molecular weight excluding hydrogens is 496 g/mol. The molecule has 4 atom stereocenters. The number of aliphatic hydroxyl groups is 2. The van der Waals surface area contributed by atoms with Crippen LogP contribution in [0.3, 0.4) is 0 Å². The van der Waals surface area contributed by atoms with Gasteiger partial charge in [-0.05, 0) is 36.5 Å². The fourth-order valence-corrected chi connectivity index (χ4v) is 4.31. The number of aliphatic hydroxyl groups excluding tert-OH is 2. The van der Waals surface area contributed by atoms with Gasteiger partial charge in [0, 0.05) is 18.9 Å². The van der Waals surface area contributed by atoms with Crippen LogP contribution < -0.4 is 16.0 Å². The summed E-state index contributed by atoms with van der Waals surface area (Å²) in [5.41, 5.74) is 1.27. The SMILES string of the molecule is CCCCCCC(NC(=O)c1cccnc1)C(=O)N[C@@H](CC(C)C)[C@@H](O)[C@H](O)CC(=O)NCc1ccccc1. The Hall–Kier alpha value is -3.30. The summed E-state index contributed by atoms with van der Waals surface area (Å²) in [6.07, 6.45) is 4.52. The van der Waals surface area contributed by atoms with Gasteiger partial charge in [0.2, 0.25) is 11.8 Å². The summed E-state index contributed by atoms with van der Waals surface area (Å²) in [5.74, 6) is -1.15. The maximum atomic E-state index is 13.4. The molecule has 0 aliphatic carbocycles. The number of nitrogens with one attached hydrogen (secondary N) is 3. The number of amides is 3. The molecule has 0 spiro atoms. The van der Waals surface area contributed by atoms with Crippen LogP contribution in [-0.4, -0.2) is 57.2 Å². The average Bonchev–Trinajstić information content (AvgIpc) is 2.93. The van der Waals surface area contributed by atoms with Crippen molar-refractivity contribution in [2.75, 3.05) is 0 Å². The van der Waals surface area contributed by atoms with Crippen LogP contribution in [0.1, 0.15) is 81.6 Å². The molecule has 0 saturated carbocycles. The smallest absolute Gasteiger partial charge is 0.253 e. The third kappa shape index (κ3) is 12.0. The van der Waals surface area contributed by atoms with Crippen LogP contribution in [0.15, 0.2) is 54.9 Å². The molecule has 39 heavy (non-hydrogen) atoms. The van der Waals surface area contributed by atoms with Crippen molar-refractivity contribution in [2.45, 2.75) is 96.6 Å². The van der Waals surface area contributed by atoms with Gasteiger partial charge in [0.05, 0.1) is 24.1 Å². The van der Waals surface area contributed by atoms with Crippen molar-refractivity contribution in [3.63, 3.8) is 0 Å². The summed E-state index contributed by atoms with van der Waals surface area (Å²) in [7, 11) is 0. The zero-order chi connectivity index (χ0) is 28.6. The number of unbranched alkanes of at least 4 members (excludes halogenated alkanes) is 3. The normalized spacial score (nSPS) is 14.2. The second-order valence-corrected chi connectivity index (χ2v) is 10.4. The molecule has 5 N–H and O–H groups in total. The second-order valence-electron chi connectivity index (χ2n) is 10.4. The Morgan fingerprint density at radius 3 is 2.33 bits per heavy atom. The highest BCUT2D eigenvalue weighted by Crippen LogP contribution is 2.15. The van der Waals surface area contributed by atoms with Gasteiger partial charge in [-0.15, -0.1) is 0 Å². The molecule has 0 fully saturated rings. The van der Waals surface area contributed by atoms with E-state index in [0.29, 0.717) is 24.9 Å². The van der Waals surface area contributed by atoms with Crippen LogP contribution in [0.4, 0.5) is 0 Å². The highest BCUT2D eigenvalue weighted by molar-refractivity contribution is 5.97. The summed E-state index contributed by atoms with van der Waals surface area (Å²) >= 11 is 0. The third-order valence-corrected chi connectivity index (χ3v) is 6.48. The van der Waals surface area contributed by atoms with E-state index >= 15 is 0 Å². The first-order valence-electron chi connectivity index (χ1n) is 13.9. The van der Waals surface area contributed by atoms with Crippen LogP contribution in [0.2, 0.25) is 0 Å². The Morgan fingerprint density at radius 1 is 0.949 bits per heavy atom. The summed E-state index contributed by atoms with van der Waals surface area (Å²) in [6.45, 7) is 6.29. The van der Waals surface area contributed by atoms with Gasteiger partial charge in [0.25, 0.3) is 5.91 Å². The number of carbonyl (C=O) groups is 3. The van der Waals surface area contributed by atoms with Gasteiger partial charge in [-0.1, -0.05) is 76.8 Å². The molecule has 0 radical (unpaired) electrons. The minimum Gasteiger partial charge on any atom is -0.390 e. The van der Waals surface area contributed by atoms with E-state index in [4.69, 9.17) is 0 Å². The van der Waals surface area contributed by atoms with Crippen LogP contribution >= 0.6 is 0 Å². The number of hydrogen-bond acceptors (Lipinski definition) is 6. The van der Waals surface area contributed by atoms with Gasteiger partial charge in [-0.2, -0.15) is 0 Å². The maximum Gasteiger partial charge on any atom is 0.253 e. The van der Waals surface area contributed by atoms with E-state index in [2.05, 4.69) is 27.9 Å². The zero-order valence-corrected chi connectivity index (χ0v) is 23.3. The van der Waals surface area contributed by atoms with E-state index < -0.39 is 42.0 Å². The second kappa shape index (κ2) is 17.3. The van der Waals surface area contributed by atoms with E-state index in [1.54, 1.807) is 18.3 Å². The van der Waals surface area contributed by atoms with Crippen LogP contribution in [0, 0.1) is 5.92 Å². The number of aromatic nitrogens is 1. The first-order chi connectivity index (χ1) is 18.7. The predicted molar refractivity (Wildman–Crippen MR) is 151 cm³/mol. The molecule has 0 saturated heterocycles. The van der Waals surface area contributed by atoms with E-state index in [0.717, 1.165) is 31.2 Å². The third-order valence-electron chi connectivity index (χ3n) is 6.48. The lowest BCUT2D eigenvalue weighted by molar-refractivity contribution is -0.127. The van der Waals surface area contributed by atoms with Crippen LogP contribution in [0.25, 0.3) is 0 Å². The highest BCUT2D eigenvalue weighted by atomic mass is 16.3. The minimum absolute atomic E-state index is 0.0945. The fourth-order valence-electron chi connectivity index (χ4n) is 4.31. The molecule has 2 aromatic rings. The Labute approximate surface area is 231 Å². The molecule has 0 aliphatic rings. The molecule has 0 bridgehead atoms. The molecule has 1 heterocycles. The number of nitrogens with zero attached hydrogens (tertiary/aromatic N) is 1. The zero-order valence-electron chi connectivity index (χ0n) is 23.3. The molecule has 1 unspecified atom stereocenters. The van der Waals surface area contributed by atoms with Crippen LogP contribution in [0.5, 0.6) is 0 Å². The lowest BCUT2D eigenvalue weighted by atomic mass is 9.94. The Balaban J connectivity index is 2.04. The molecule has 9 heteroatoms. The molecule has 214 valence electrons. The monoisotopic (exact) mass is 540 g/mol. The average molecular weight is 541 g/mol. The maximum absolute atomic E-state index is 13.4. The first-order valence-corrected chi connectivity index (χ1v) is 13.9. The molecular formula is C30H44N4O5. The summed E-state index contributed by atoms with van der Waals surface area (Å²) in [4.78, 5) is 42.5. The number of benzene rings is 1.